The molecule has 3 aromatic rings. The molecule has 1 aliphatic heterocycles. The summed E-state index contributed by atoms with van der Waals surface area (Å²) in [6.45, 7) is 0.566. The van der Waals surface area contributed by atoms with Crippen molar-refractivity contribution in [3.63, 3.8) is 0 Å². The molecule has 0 saturated heterocycles. The average Bonchev–Trinajstić information content (AvgIpc) is 3.37. The van der Waals surface area contributed by atoms with Crippen molar-refractivity contribution >= 4 is 17.5 Å². The van der Waals surface area contributed by atoms with Crippen LogP contribution in [0.2, 0.25) is 0 Å². The highest BCUT2D eigenvalue weighted by atomic mass is 16.7. The van der Waals surface area contributed by atoms with E-state index in [1.165, 1.54) is 0 Å². The van der Waals surface area contributed by atoms with Gasteiger partial charge in [-0.2, -0.15) is 0 Å². The summed E-state index contributed by atoms with van der Waals surface area (Å²) in [6.07, 6.45) is 4.39. The van der Waals surface area contributed by atoms with Crippen molar-refractivity contribution in [2.45, 2.75) is 50.6 Å². The van der Waals surface area contributed by atoms with Gasteiger partial charge < -0.3 is 19.7 Å². The van der Waals surface area contributed by atoms with Gasteiger partial charge in [-0.3, -0.25) is 9.59 Å². The smallest absolute Gasteiger partial charge is 0.250 e. The highest BCUT2D eigenvalue weighted by Gasteiger charge is 2.47. The van der Waals surface area contributed by atoms with Gasteiger partial charge in [-0.1, -0.05) is 79.9 Å². The van der Waals surface area contributed by atoms with Crippen molar-refractivity contribution in [3.05, 3.63) is 90.0 Å². The lowest BCUT2D eigenvalue weighted by molar-refractivity contribution is -0.148. The molecule has 2 amide bonds. The molecule has 3 aromatic carbocycles. The lowest BCUT2D eigenvalue weighted by Gasteiger charge is -2.45. The zero-order chi connectivity index (χ0) is 24.1. The number of nitrogens with zero attached hydrogens (tertiary/aromatic N) is 1. The molecule has 6 nitrogen and oxygen atoms in total. The molecule has 0 aromatic heterocycles. The standard InChI is InChI=1S/C29H30N2O4/c32-27(18-22-10-4-1-5-11-22)31(20-23-12-6-2-7-13-23)29(16-8-3-9-17-29)28(33)30-24-14-15-25-26(19-24)35-21-34-25/h1-2,4-7,10-15,19H,3,8-9,16-18,20-21H2,(H,30,33). The third kappa shape index (κ3) is 5.02. The molecule has 1 fully saturated rings. The van der Waals surface area contributed by atoms with E-state index >= 15 is 0 Å². The molecule has 0 spiro atoms. The van der Waals surface area contributed by atoms with Crippen LogP contribution in [0.1, 0.15) is 43.2 Å². The first-order valence-corrected chi connectivity index (χ1v) is 12.2. The minimum Gasteiger partial charge on any atom is -0.454 e. The molecule has 180 valence electrons. The average molecular weight is 471 g/mol. The van der Waals surface area contributed by atoms with Gasteiger partial charge in [-0.05, 0) is 36.1 Å². The summed E-state index contributed by atoms with van der Waals surface area (Å²) >= 11 is 0. The molecule has 1 aliphatic carbocycles. The van der Waals surface area contributed by atoms with Gasteiger partial charge in [-0.25, -0.2) is 0 Å². The highest BCUT2D eigenvalue weighted by Crippen LogP contribution is 2.38. The molecule has 0 unspecified atom stereocenters. The molecule has 1 heterocycles. The van der Waals surface area contributed by atoms with Crippen LogP contribution in [-0.4, -0.2) is 29.0 Å². The van der Waals surface area contributed by atoms with Gasteiger partial charge >= 0.3 is 0 Å². The lowest BCUT2D eigenvalue weighted by atomic mass is 9.78. The number of fused-ring (bicyclic) bond motifs is 1. The Morgan fingerprint density at radius 1 is 0.800 bits per heavy atom. The van der Waals surface area contributed by atoms with Gasteiger partial charge in [0.15, 0.2) is 11.5 Å². The summed E-state index contributed by atoms with van der Waals surface area (Å²) in [7, 11) is 0. The van der Waals surface area contributed by atoms with E-state index in [1.807, 2.05) is 71.6 Å². The van der Waals surface area contributed by atoms with Crippen molar-refractivity contribution in [3.8, 4) is 11.5 Å². The first-order valence-electron chi connectivity index (χ1n) is 12.2. The number of benzene rings is 3. The van der Waals surface area contributed by atoms with Crippen molar-refractivity contribution in [1.82, 2.24) is 4.90 Å². The second kappa shape index (κ2) is 10.2. The van der Waals surface area contributed by atoms with Crippen molar-refractivity contribution in [2.24, 2.45) is 0 Å². The number of anilines is 1. The molecule has 6 heteroatoms. The van der Waals surface area contributed by atoms with Crippen LogP contribution in [0.15, 0.2) is 78.9 Å². The van der Waals surface area contributed by atoms with E-state index in [2.05, 4.69) is 5.32 Å². The number of ether oxygens (including phenoxy) is 2. The first-order chi connectivity index (χ1) is 17.1. The minimum atomic E-state index is -0.920. The Morgan fingerprint density at radius 3 is 2.17 bits per heavy atom. The van der Waals surface area contributed by atoms with Gasteiger partial charge in [0.25, 0.3) is 0 Å². The minimum absolute atomic E-state index is 0.0391. The monoisotopic (exact) mass is 470 g/mol. The number of hydrogen-bond donors (Lipinski definition) is 1. The summed E-state index contributed by atoms with van der Waals surface area (Å²) < 4.78 is 10.9. The van der Waals surface area contributed by atoms with E-state index in [9.17, 15) is 9.59 Å². The SMILES string of the molecule is O=C(Cc1ccccc1)N(Cc1ccccc1)C1(C(=O)Nc2ccc3c(c2)OCO3)CCCCC1. The fourth-order valence-electron chi connectivity index (χ4n) is 5.09. The second-order valence-corrected chi connectivity index (χ2v) is 9.24. The molecule has 5 rings (SSSR count). The van der Waals surface area contributed by atoms with Crippen molar-refractivity contribution in [1.29, 1.82) is 0 Å². The van der Waals surface area contributed by atoms with E-state index in [4.69, 9.17) is 9.47 Å². The zero-order valence-electron chi connectivity index (χ0n) is 19.7. The van der Waals surface area contributed by atoms with Crippen LogP contribution in [0, 0.1) is 0 Å². The van der Waals surface area contributed by atoms with Gasteiger partial charge in [0.1, 0.15) is 5.54 Å². The number of nitrogens with one attached hydrogen (secondary N) is 1. The lowest BCUT2D eigenvalue weighted by Crippen LogP contribution is -2.60. The summed E-state index contributed by atoms with van der Waals surface area (Å²) in [4.78, 5) is 29.7. The van der Waals surface area contributed by atoms with Crippen molar-refractivity contribution in [2.75, 3.05) is 12.1 Å². The topological polar surface area (TPSA) is 67.9 Å². The zero-order valence-corrected chi connectivity index (χ0v) is 19.7. The molecular formula is C29H30N2O4. The Morgan fingerprint density at radius 2 is 1.46 bits per heavy atom. The van der Waals surface area contributed by atoms with Crippen LogP contribution in [0.3, 0.4) is 0 Å². The summed E-state index contributed by atoms with van der Waals surface area (Å²) in [6, 6.07) is 25.0. The number of rotatable bonds is 7. The number of carbonyl (C=O) groups excluding carboxylic acids is 2. The van der Waals surface area contributed by atoms with Crippen LogP contribution in [-0.2, 0) is 22.6 Å². The molecule has 1 N–H and O–H groups in total. The maximum absolute atomic E-state index is 14.0. The molecule has 0 atom stereocenters. The van der Waals surface area contributed by atoms with Crippen LogP contribution < -0.4 is 14.8 Å². The quantitative estimate of drug-likeness (QED) is 0.507. The van der Waals surface area contributed by atoms with Gasteiger partial charge in [0.05, 0.1) is 6.42 Å². The number of carbonyl (C=O) groups is 2. The third-order valence-corrected chi connectivity index (χ3v) is 6.93. The van der Waals surface area contributed by atoms with E-state index in [0.29, 0.717) is 36.6 Å². The maximum Gasteiger partial charge on any atom is 0.250 e. The van der Waals surface area contributed by atoms with Gasteiger partial charge in [0, 0.05) is 18.3 Å². The molecule has 35 heavy (non-hydrogen) atoms. The Labute approximate surface area is 205 Å². The third-order valence-electron chi connectivity index (χ3n) is 6.93. The normalized spacial score (nSPS) is 15.9. The van der Waals surface area contributed by atoms with Crippen LogP contribution in [0.5, 0.6) is 11.5 Å². The van der Waals surface area contributed by atoms with E-state index in [1.54, 1.807) is 12.1 Å². The van der Waals surface area contributed by atoms with E-state index in [-0.39, 0.29) is 25.0 Å². The van der Waals surface area contributed by atoms with Gasteiger partial charge in [0.2, 0.25) is 18.6 Å². The summed E-state index contributed by atoms with van der Waals surface area (Å²) in [5.41, 5.74) is 1.67. The van der Waals surface area contributed by atoms with E-state index < -0.39 is 5.54 Å². The fourth-order valence-corrected chi connectivity index (χ4v) is 5.09. The number of amides is 2. The van der Waals surface area contributed by atoms with Crippen LogP contribution in [0.4, 0.5) is 5.69 Å². The highest BCUT2D eigenvalue weighted by molar-refractivity contribution is 6.01. The van der Waals surface area contributed by atoms with Crippen LogP contribution >= 0.6 is 0 Å². The summed E-state index contributed by atoms with van der Waals surface area (Å²) in [5.74, 6) is 1.09. The number of hydrogen-bond acceptors (Lipinski definition) is 4. The predicted molar refractivity (Wildman–Crippen MR) is 134 cm³/mol. The maximum atomic E-state index is 14.0. The molecule has 2 aliphatic rings. The predicted octanol–water partition coefficient (Wildman–Crippen LogP) is 5.33. The Bertz CT molecular complexity index is 1170. The van der Waals surface area contributed by atoms with E-state index in [0.717, 1.165) is 30.4 Å². The van der Waals surface area contributed by atoms with Crippen molar-refractivity contribution < 1.29 is 19.1 Å². The molecule has 1 saturated carbocycles. The Kier molecular flexibility index (Phi) is 6.70. The Hall–Kier alpha value is -3.80. The second-order valence-electron chi connectivity index (χ2n) is 9.24. The largest absolute Gasteiger partial charge is 0.454 e. The van der Waals surface area contributed by atoms with Crippen LogP contribution in [0.25, 0.3) is 0 Å². The molecular weight excluding hydrogens is 440 g/mol. The fraction of sp³-hybridized carbons (Fsp3) is 0.310. The molecule has 0 radical (unpaired) electrons. The molecule has 0 bridgehead atoms. The van der Waals surface area contributed by atoms with Gasteiger partial charge in [-0.15, -0.1) is 0 Å². The first kappa shape index (κ1) is 23.0. The Balaban J connectivity index is 1.47. The summed E-state index contributed by atoms with van der Waals surface area (Å²) in [5, 5.41) is 3.10.